The van der Waals surface area contributed by atoms with Gasteiger partial charge in [0.1, 0.15) is 17.5 Å². The first-order chi connectivity index (χ1) is 18.1. The van der Waals surface area contributed by atoms with Crippen molar-refractivity contribution in [2.45, 2.75) is 58.7 Å². The highest BCUT2D eigenvalue weighted by molar-refractivity contribution is 9.10. The lowest BCUT2D eigenvalue weighted by Crippen LogP contribution is -2.55. The molecule has 0 aromatic heterocycles. The fourth-order valence-electron chi connectivity index (χ4n) is 4.08. The normalized spacial score (nSPS) is 11.9. The van der Waals surface area contributed by atoms with Crippen LogP contribution < -0.4 is 14.8 Å². The van der Waals surface area contributed by atoms with Gasteiger partial charge in [0.15, 0.2) is 6.61 Å². The fraction of sp³-hybridized carbons (Fsp3) is 0.355. The first kappa shape index (κ1) is 29.2. The molecule has 3 aromatic carbocycles. The van der Waals surface area contributed by atoms with Gasteiger partial charge in [-0.2, -0.15) is 0 Å². The van der Waals surface area contributed by atoms with E-state index in [1.165, 1.54) is 0 Å². The minimum Gasteiger partial charge on any atom is -0.497 e. The minimum absolute atomic E-state index is 0.206. The van der Waals surface area contributed by atoms with Crippen LogP contribution in [0, 0.1) is 0 Å². The second kappa shape index (κ2) is 13.5. The van der Waals surface area contributed by atoms with E-state index in [0.717, 1.165) is 27.6 Å². The maximum Gasteiger partial charge on any atom is 0.261 e. The minimum atomic E-state index is -0.746. The fourth-order valence-corrected chi connectivity index (χ4v) is 4.62. The Labute approximate surface area is 234 Å². The predicted octanol–water partition coefficient (Wildman–Crippen LogP) is 5.95. The van der Waals surface area contributed by atoms with E-state index >= 15 is 0 Å². The zero-order valence-electron chi connectivity index (χ0n) is 22.8. The van der Waals surface area contributed by atoms with Crippen LogP contribution in [0.3, 0.4) is 0 Å². The summed E-state index contributed by atoms with van der Waals surface area (Å²) < 4.78 is 12.1. The number of nitrogens with one attached hydrogen (secondary N) is 1. The number of carbonyl (C=O) groups excluding carboxylic acids is 2. The number of methoxy groups -OCH3 is 1. The molecule has 3 rings (SSSR count). The molecule has 2 amide bonds. The molecule has 38 heavy (non-hydrogen) atoms. The first-order valence-electron chi connectivity index (χ1n) is 12.8. The summed E-state index contributed by atoms with van der Waals surface area (Å²) in [4.78, 5) is 29.0. The molecule has 0 spiro atoms. The van der Waals surface area contributed by atoms with Crippen molar-refractivity contribution in [1.29, 1.82) is 0 Å². The average molecular weight is 582 g/mol. The molecule has 0 saturated carbocycles. The molecule has 1 atom stereocenters. The van der Waals surface area contributed by atoms with E-state index in [1.54, 1.807) is 12.0 Å². The zero-order valence-corrected chi connectivity index (χ0v) is 24.4. The Morgan fingerprint density at radius 3 is 2.29 bits per heavy atom. The third-order valence-electron chi connectivity index (χ3n) is 6.01. The summed E-state index contributed by atoms with van der Waals surface area (Å²) in [5.41, 5.74) is 2.52. The Balaban J connectivity index is 1.95. The molecule has 0 radical (unpaired) electrons. The number of nitrogens with zero attached hydrogens (tertiary/aromatic N) is 1. The summed E-state index contributed by atoms with van der Waals surface area (Å²) in [5, 5.41) is 3.07. The Bertz CT molecular complexity index is 1220. The lowest BCUT2D eigenvalue weighted by Gasteiger charge is -2.33. The van der Waals surface area contributed by atoms with Crippen LogP contribution >= 0.6 is 15.9 Å². The smallest absolute Gasteiger partial charge is 0.261 e. The van der Waals surface area contributed by atoms with Crippen LogP contribution in [0.2, 0.25) is 0 Å². The van der Waals surface area contributed by atoms with Crippen LogP contribution in [0.1, 0.15) is 44.4 Å². The summed E-state index contributed by atoms with van der Waals surface area (Å²) in [6.07, 6.45) is 1.27. The number of hydrogen-bond acceptors (Lipinski definition) is 4. The van der Waals surface area contributed by atoms with Crippen molar-refractivity contribution < 1.29 is 19.1 Å². The highest BCUT2D eigenvalue weighted by atomic mass is 79.9. The van der Waals surface area contributed by atoms with Crippen molar-refractivity contribution in [3.63, 3.8) is 0 Å². The van der Waals surface area contributed by atoms with Crippen LogP contribution in [0.25, 0.3) is 0 Å². The van der Waals surface area contributed by atoms with Crippen molar-refractivity contribution in [1.82, 2.24) is 10.2 Å². The Hall–Kier alpha value is -3.32. The van der Waals surface area contributed by atoms with Crippen molar-refractivity contribution >= 4 is 27.7 Å². The molecule has 1 N–H and O–H groups in total. The molecule has 202 valence electrons. The van der Waals surface area contributed by atoms with Gasteiger partial charge in [-0.1, -0.05) is 55.5 Å². The van der Waals surface area contributed by atoms with E-state index in [-0.39, 0.29) is 25.0 Å². The van der Waals surface area contributed by atoms with Crippen molar-refractivity contribution in [2.75, 3.05) is 13.7 Å². The Morgan fingerprint density at radius 2 is 1.66 bits per heavy atom. The quantitative estimate of drug-likeness (QED) is 0.304. The van der Waals surface area contributed by atoms with Crippen LogP contribution in [-0.2, 0) is 29.0 Å². The molecule has 3 aromatic rings. The molecule has 0 fully saturated rings. The second-order valence-corrected chi connectivity index (χ2v) is 11.1. The predicted molar refractivity (Wildman–Crippen MR) is 154 cm³/mol. The molecule has 0 saturated heterocycles. The van der Waals surface area contributed by atoms with Gasteiger partial charge >= 0.3 is 0 Å². The highest BCUT2D eigenvalue weighted by Gasteiger charge is 2.32. The molecule has 0 bridgehead atoms. The van der Waals surface area contributed by atoms with Crippen molar-refractivity contribution in [2.24, 2.45) is 0 Å². The van der Waals surface area contributed by atoms with E-state index in [1.807, 2.05) is 93.6 Å². The number of benzene rings is 3. The summed E-state index contributed by atoms with van der Waals surface area (Å²) >= 11 is 3.55. The number of halogens is 1. The summed E-state index contributed by atoms with van der Waals surface area (Å²) in [7, 11) is 1.60. The molecule has 0 heterocycles. The molecule has 6 nitrogen and oxygen atoms in total. The van der Waals surface area contributed by atoms with Crippen LogP contribution in [0.15, 0.2) is 77.3 Å². The highest BCUT2D eigenvalue weighted by Crippen LogP contribution is 2.27. The zero-order chi connectivity index (χ0) is 27.7. The van der Waals surface area contributed by atoms with Crippen molar-refractivity contribution in [3.05, 3.63) is 94.0 Å². The summed E-state index contributed by atoms with van der Waals surface area (Å²) in [5.74, 6) is 0.760. The van der Waals surface area contributed by atoms with Gasteiger partial charge in [0.25, 0.3) is 5.91 Å². The maximum absolute atomic E-state index is 13.8. The van der Waals surface area contributed by atoms with Gasteiger partial charge in [0.05, 0.1) is 11.6 Å². The van der Waals surface area contributed by atoms with Gasteiger partial charge in [-0.15, -0.1) is 0 Å². The van der Waals surface area contributed by atoms with Gasteiger partial charge in [-0.3, -0.25) is 9.59 Å². The number of aryl methyl sites for hydroxylation is 1. The van der Waals surface area contributed by atoms with E-state index in [2.05, 4.69) is 28.2 Å². The summed E-state index contributed by atoms with van der Waals surface area (Å²) in [6, 6.07) is 22.3. The number of ether oxygens (including phenoxy) is 2. The van der Waals surface area contributed by atoms with E-state index in [4.69, 9.17) is 9.47 Å². The number of carbonyl (C=O) groups is 2. The topological polar surface area (TPSA) is 67.9 Å². The Kier molecular flexibility index (Phi) is 10.4. The van der Waals surface area contributed by atoms with Gasteiger partial charge in [0.2, 0.25) is 5.91 Å². The molecular weight excluding hydrogens is 544 g/mol. The van der Waals surface area contributed by atoms with Gasteiger partial charge < -0.3 is 19.7 Å². The third-order valence-corrected chi connectivity index (χ3v) is 6.63. The van der Waals surface area contributed by atoms with E-state index in [9.17, 15) is 9.59 Å². The largest absolute Gasteiger partial charge is 0.497 e. The van der Waals surface area contributed by atoms with Crippen molar-refractivity contribution in [3.8, 4) is 11.5 Å². The SMILES string of the molecule is CCc1ccc(OCC(=O)N(Cc2cccc(OC)c2)C(Cc2ccccc2)C(=O)NC(C)(C)C)c(Br)c1. The first-order valence-corrected chi connectivity index (χ1v) is 13.6. The molecular formula is C31H37BrN2O4. The number of amides is 2. The molecule has 1 unspecified atom stereocenters. The lowest BCUT2D eigenvalue weighted by molar-refractivity contribution is -0.143. The van der Waals surface area contributed by atoms with E-state index < -0.39 is 11.6 Å². The third kappa shape index (κ3) is 8.62. The van der Waals surface area contributed by atoms with Crippen LogP contribution in [0.4, 0.5) is 0 Å². The number of hydrogen-bond donors (Lipinski definition) is 1. The average Bonchev–Trinajstić information content (AvgIpc) is 2.89. The van der Waals surface area contributed by atoms with Crippen LogP contribution in [-0.4, -0.2) is 42.0 Å². The van der Waals surface area contributed by atoms with Gasteiger partial charge in [0, 0.05) is 18.5 Å². The molecule has 0 aliphatic rings. The summed E-state index contributed by atoms with van der Waals surface area (Å²) in [6.45, 7) is 7.89. The molecule has 0 aliphatic heterocycles. The van der Waals surface area contributed by atoms with Gasteiger partial charge in [-0.25, -0.2) is 0 Å². The number of rotatable bonds is 11. The maximum atomic E-state index is 13.8. The molecule has 0 aliphatic carbocycles. The van der Waals surface area contributed by atoms with Gasteiger partial charge in [-0.05, 0) is 84.1 Å². The van der Waals surface area contributed by atoms with Crippen LogP contribution in [0.5, 0.6) is 11.5 Å². The monoisotopic (exact) mass is 580 g/mol. The van der Waals surface area contributed by atoms with E-state index in [0.29, 0.717) is 17.9 Å². The second-order valence-electron chi connectivity index (χ2n) is 10.2. The lowest BCUT2D eigenvalue weighted by atomic mass is 10.0. The Morgan fingerprint density at radius 1 is 0.947 bits per heavy atom. The molecule has 7 heteroatoms. The standard InChI is InChI=1S/C31H37BrN2O4/c1-6-22-15-16-28(26(32)18-22)38-21-29(35)34(20-24-13-10-14-25(17-24)37-5)27(30(36)33-31(2,3)4)19-23-11-8-7-9-12-23/h7-18,27H,6,19-21H2,1-5H3,(H,33,36).